The van der Waals surface area contributed by atoms with Gasteiger partial charge < -0.3 is 15.2 Å². The lowest BCUT2D eigenvalue weighted by atomic mass is 10.1. The predicted octanol–water partition coefficient (Wildman–Crippen LogP) is 0.536. The molecule has 0 aromatic heterocycles. The third-order valence-electron chi connectivity index (χ3n) is 2.38. The third kappa shape index (κ3) is 5.37. The molecule has 1 aliphatic heterocycles. The van der Waals surface area contributed by atoms with Gasteiger partial charge in [-0.25, -0.2) is 0 Å². The van der Waals surface area contributed by atoms with Crippen molar-refractivity contribution in [2.75, 3.05) is 13.2 Å². The molecule has 1 amide bonds. The molecule has 15 heavy (non-hydrogen) atoms. The quantitative estimate of drug-likeness (QED) is 0.701. The number of aliphatic carboxylic acids is 1. The summed E-state index contributed by atoms with van der Waals surface area (Å²) in [4.78, 5) is 21.6. The monoisotopic (exact) mass is 215 g/mol. The number of carbonyl (C=O) groups excluding carboxylic acids is 1. The average molecular weight is 215 g/mol. The number of carboxylic acids is 1. The van der Waals surface area contributed by atoms with Gasteiger partial charge in [-0.3, -0.25) is 9.59 Å². The fourth-order valence-corrected chi connectivity index (χ4v) is 1.54. The van der Waals surface area contributed by atoms with Crippen LogP contribution in [0.5, 0.6) is 0 Å². The normalized spacial score (nSPS) is 17.3. The highest BCUT2D eigenvalue weighted by Gasteiger charge is 2.15. The van der Waals surface area contributed by atoms with E-state index in [2.05, 4.69) is 5.32 Å². The average Bonchev–Trinajstić information content (AvgIpc) is 2.18. The number of carboxylic acid groups (broad SMARTS) is 1. The smallest absolute Gasteiger partial charge is 0.303 e. The Labute approximate surface area is 88.8 Å². The molecule has 1 aliphatic rings. The van der Waals surface area contributed by atoms with Gasteiger partial charge in [0.2, 0.25) is 5.91 Å². The summed E-state index contributed by atoms with van der Waals surface area (Å²) in [5.41, 5.74) is 0. The lowest BCUT2D eigenvalue weighted by Crippen LogP contribution is -2.38. The maximum absolute atomic E-state index is 11.3. The van der Waals surface area contributed by atoms with Gasteiger partial charge in [0.25, 0.3) is 0 Å². The molecular formula is C10H17NO4. The second-order valence-corrected chi connectivity index (χ2v) is 3.70. The highest BCUT2D eigenvalue weighted by Crippen LogP contribution is 2.06. The largest absolute Gasteiger partial charge is 0.481 e. The number of hydrogen-bond acceptors (Lipinski definition) is 3. The topological polar surface area (TPSA) is 75.6 Å². The Balaban J connectivity index is 2.09. The van der Waals surface area contributed by atoms with E-state index in [1.807, 2.05) is 0 Å². The van der Waals surface area contributed by atoms with Crippen LogP contribution in [-0.4, -0.2) is 36.2 Å². The fourth-order valence-electron chi connectivity index (χ4n) is 1.54. The molecule has 2 N–H and O–H groups in total. The van der Waals surface area contributed by atoms with Crippen molar-refractivity contribution in [1.82, 2.24) is 5.32 Å². The van der Waals surface area contributed by atoms with Gasteiger partial charge in [-0.2, -0.15) is 0 Å². The molecule has 1 saturated heterocycles. The molecule has 0 bridgehead atoms. The molecule has 86 valence electrons. The lowest BCUT2D eigenvalue weighted by Gasteiger charge is -2.23. The molecule has 0 saturated carbocycles. The van der Waals surface area contributed by atoms with Crippen molar-refractivity contribution in [2.45, 2.75) is 38.1 Å². The molecule has 1 rings (SSSR count). The van der Waals surface area contributed by atoms with E-state index in [-0.39, 0.29) is 18.4 Å². The maximum atomic E-state index is 11.3. The van der Waals surface area contributed by atoms with Gasteiger partial charge in [0.1, 0.15) is 0 Å². The molecule has 0 spiro atoms. The SMILES string of the molecule is O=C(O)CCCC(=O)NC1CCOCC1. The second-order valence-electron chi connectivity index (χ2n) is 3.70. The van der Waals surface area contributed by atoms with Crippen LogP contribution in [0.25, 0.3) is 0 Å². The molecule has 1 heterocycles. The zero-order valence-electron chi connectivity index (χ0n) is 8.70. The first-order chi connectivity index (χ1) is 7.18. The molecule has 0 aliphatic carbocycles. The predicted molar refractivity (Wildman–Crippen MR) is 53.5 cm³/mol. The van der Waals surface area contributed by atoms with Crippen LogP contribution in [0.3, 0.4) is 0 Å². The van der Waals surface area contributed by atoms with Crippen molar-refractivity contribution in [1.29, 1.82) is 0 Å². The molecule has 0 aromatic carbocycles. The highest BCUT2D eigenvalue weighted by molar-refractivity contribution is 5.77. The van der Waals surface area contributed by atoms with Gasteiger partial charge in [-0.15, -0.1) is 0 Å². The Morgan fingerprint density at radius 1 is 1.27 bits per heavy atom. The van der Waals surface area contributed by atoms with Crippen LogP contribution in [0.4, 0.5) is 0 Å². The molecule has 0 radical (unpaired) electrons. The lowest BCUT2D eigenvalue weighted by molar-refractivity contribution is -0.137. The van der Waals surface area contributed by atoms with E-state index in [4.69, 9.17) is 9.84 Å². The van der Waals surface area contributed by atoms with Crippen molar-refractivity contribution in [3.05, 3.63) is 0 Å². The Kier molecular flexibility index (Phi) is 5.10. The number of rotatable bonds is 5. The van der Waals surface area contributed by atoms with E-state index in [9.17, 15) is 9.59 Å². The zero-order valence-corrected chi connectivity index (χ0v) is 8.70. The van der Waals surface area contributed by atoms with Crippen LogP contribution < -0.4 is 5.32 Å². The summed E-state index contributed by atoms with van der Waals surface area (Å²) in [6.07, 6.45) is 2.46. The second kappa shape index (κ2) is 6.40. The van der Waals surface area contributed by atoms with E-state index >= 15 is 0 Å². The Bertz CT molecular complexity index is 223. The summed E-state index contributed by atoms with van der Waals surface area (Å²) in [5.74, 6) is -0.906. The summed E-state index contributed by atoms with van der Waals surface area (Å²) >= 11 is 0. The number of ether oxygens (including phenoxy) is 1. The molecule has 5 nitrogen and oxygen atoms in total. The van der Waals surface area contributed by atoms with E-state index < -0.39 is 5.97 Å². The standard InChI is InChI=1S/C10H17NO4/c12-9(2-1-3-10(13)14)11-8-4-6-15-7-5-8/h8H,1-7H2,(H,11,12)(H,13,14). The van der Waals surface area contributed by atoms with Crippen LogP contribution in [-0.2, 0) is 14.3 Å². The van der Waals surface area contributed by atoms with Gasteiger partial charge in [0.05, 0.1) is 0 Å². The minimum atomic E-state index is -0.853. The van der Waals surface area contributed by atoms with Crippen molar-refractivity contribution in [3.8, 4) is 0 Å². The van der Waals surface area contributed by atoms with E-state index in [1.165, 1.54) is 0 Å². The molecule has 0 unspecified atom stereocenters. The molecule has 5 heteroatoms. The summed E-state index contributed by atoms with van der Waals surface area (Å²) in [7, 11) is 0. The first-order valence-electron chi connectivity index (χ1n) is 5.27. The van der Waals surface area contributed by atoms with Crippen LogP contribution in [0, 0.1) is 0 Å². The van der Waals surface area contributed by atoms with Crippen molar-refractivity contribution < 1.29 is 19.4 Å². The van der Waals surface area contributed by atoms with Crippen LogP contribution in [0.1, 0.15) is 32.1 Å². The molecule has 0 atom stereocenters. The summed E-state index contributed by atoms with van der Waals surface area (Å²) < 4.78 is 5.16. The van der Waals surface area contributed by atoms with E-state index in [0.29, 0.717) is 26.1 Å². The van der Waals surface area contributed by atoms with Crippen molar-refractivity contribution >= 4 is 11.9 Å². The maximum Gasteiger partial charge on any atom is 0.303 e. The summed E-state index contributed by atoms with van der Waals surface area (Å²) in [6.45, 7) is 1.39. The van der Waals surface area contributed by atoms with Gasteiger partial charge in [0, 0.05) is 32.1 Å². The minimum absolute atomic E-state index is 0.0526. The third-order valence-corrected chi connectivity index (χ3v) is 2.38. The van der Waals surface area contributed by atoms with Gasteiger partial charge in [-0.1, -0.05) is 0 Å². The van der Waals surface area contributed by atoms with Crippen molar-refractivity contribution in [3.63, 3.8) is 0 Å². The van der Waals surface area contributed by atoms with E-state index in [1.54, 1.807) is 0 Å². The zero-order chi connectivity index (χ0) is 11.1. The van der Waals surface area contributed by atoms with Crippen LogP contribution >= 0.6 is 0 Å². The molecule has 0 aromatic rings. The number of carbonyl (C=O) groups is 2. The summed E-state index contributed by atoms with van der Waals surface area (Å²) in [6, 6.07) is 0.205. The van der Waals surface area contributed by atoms with Crippen LogP contribution in [0.15, 0.2) is 0 Å². The Morgan fingerprint density at radius 2 is 1.93 bits per heavy atom. The van der Waals surface area contributed by atoms with Gasteiger partial charge in [0.15, 0.2) is 0 Å². The first-order valence-corrected chi connectivity index (χ1v) is 5.27. The van der Waals surface area contributed by atoms with Gasteiger partial charge in [-0.05, 0) is 19.3 Å². The fraction of sp³-hybridized carbons (Fsp3) is 0.800. The Hall–Kier alpha value is -1.10. The highest BCUT2D eigenvalue weighted by atomic mass is 16.5. The number of amides is 1. The number of nitrogens with one attached hydrogen (secondary N) is 1. The number of hydrogen-bond donors (Lipinski definition) is 2. The Morgan fingerprint density at radius 3 is 2.53 bits per heavy atom. The summed E-state index contributed by atoms with van der Waals surface area (Å²) in [5, 5.41) is 11.3. The first kappa shape index (κ1) is 12.0. The van der Waals surface area contributed by atoms with Crippen LogP contribution in [0.2, 0.25) is 0 Å². The van der Waals surface area contributed by atoms with Gasteiger partial charge >= 0.3 is 5.97 Å². The van der Waals surface area contributed by atoms with E-state index in [0.717, 1.165) is 12.8 Å². The van der Waals surface area contributed by atoms with Crippen molar-refractivity contribution in [2.24, 2.45) is 0 Å². The molecular weight excluding hydrogens is 198 g/mol. The molecule has 1 fully saturated rings. The minimum Gasteiger partial charge on any atom is -0.481 e.